The summed E-state index contributed by atoms with van der Waals surface area (Å²) < 4.78 is 22.2. The summed E-state index contributed by atoms with van der Waals surface area (Å²) in [5.41, 5.74) is 3.28. The van der Waals surface area contributed by atoms with E-state index in [4.69, 9.17) is 18.9 Å². The predicted octanol–water partition coefficient (Wildman–Crippen LogP) is 4.55. The van der Waals surface area contributed by atoms with Gasteiger partial charge in [-0.2, -0.15) is 5.10 Å². The molecule has 35 heavy (non-hydrogen) atoms. The smallest absolute Gasteiger partial charge is 0.343 e. The van der Waals surface area contributed by atoms with Crippen molar-refractivity contribution >= 4 is 34.0 Å². The zero-order valence-corrected chi connectivity index (χ0v) is 20.8. The highest BCUT2D eigenvalue weighted by molar-refractivity contribution is 9.10. The number of methoxy groups -OCH3 is 2. The lowest BCUT2D eigenvalue weighted by Crippen LogP contribution is -2.17. The first-order valence-corrected chi connectivity index (χ1v) is 11.2. The molecule has 10 heteroatoms. The van der Waals surface area contributed by atoms with Gasteiger partial charge in [0.05, 0.1) is 38.2 Å². The Bertz CT molecular complexity index is 1260. The SMILES string of the molecule is CCOc1cc(/C=N/NC(=O)c2cc(Br)ccc2O)ccc1OC(=O)c1ccc(OC)c(OC)c1. The van der Waals surface area contributed by atoms with Gasteiger partial charge in [-0.05, 0) is 67.1 Å². The Morgan fingerprint density at radius 1 is 0.971 bits per heavy atom. The third kappa shape index (κ3) is 6.51. The Kier molecular flexibility index (Phi) is 8.69. The van der Waals surface area contributed by atoms with Crippen molar-refractivity contribution < 1.29 is 33.6 Å². The summed E-state index contributed by atoms with van der Waals surface area (Å²) in [7, 11) is 2.98. The number of amides is 1. The van der Waals surface area contributed by atoms with Gasteiger partial charge in [0.25, 0.3) is 5.91 Å². The summed E-state index contributed by atoms with van der Waals surface area (Å²) in [6, 6.07) is 14.0. The summed E-state index contributed by atoms with van der Waals surface area (Å²) in [5.74, 6) is 0.0786. The molecule has 9 nitrogen and oxygen atoms in total. The lowest BCUT2D eigenvalue weighted by molar-refractivity contribution is 0.0727. The van der Waals surface area contributed by atoms with Gasteiger partial charge >= 0.3 is 5.97 Å². The van der Waals surface area contributed by atoms with E-state index < -0.39 is 11.9 Å². The molecule has 0 spiro atoms. The largest absolute Gasteiger partial charge is 0.507 e. The fourth-order valence-electron chi connectivity index (χ4n) is 3.00. The minimum atomic E-state index is -0.602. The number of halogens is 1. The van der Waals surface area contributed by atoms with E-state index in [9.17, 15) is 14.7 Å². The molecule has 0 atom stereocenters. The Balaban J connectivity index is 1.74. The van der Waals surface area contributed by atoms with E-state index in [0.29, 0.717) is 33.9 Å². The van der Waals surface area contributed by atoms with E-state index in [-0.39, 0.29) is 22.6 Å². The number of ether oxygens (including phenoxy) is 4. The minimum absolute atomic E-state index is 0.0731. The summed E-state index contributed by atoms with van der Waals surface area (Å²) in [5, 5.41) is 13.8. The van der Waals surface area contributed by atoms with Gasteiger partial charge in [-0.25, -0.2) is 10.2 Å². The number of aromatic hydroxyl groups is 1. The van der Waals surface area contributed by atoms with Crippen LogP contribution in [0.3, 0.4) is 0 Å². The number of hydrogen-bond acceptors (Lipinski definition) is 8. The number of esters is 1. The van der Waals surface area contributed by atoms with Crippen molar-refractivity contribution in [2.75, 3.05) is 20.8 Å². The van der Waals surface area contributed by atoms with Crippen LogP contribution in [0.1, 0.15) is 33.2 Å². The topological polar surface area (TPSA) is 116 Å². The van der Waals surface area contributed by atoms with Crippen molar-refractivity contribution in [2.45, 2.75) is 6.92 Å². The highest BCUT2D eigenvalue weighted by atomic mass is 79.9. The molecule has 2 N–H and O–H groups in total. The zero-order chi connectivity index (χ0) is 25.4. The van der Waals surface area contributed by atoms with Crippen LogP contribution in [0, 0.1) is 0 Å². The third-order valence-corrected chi connectivity index (χ3v) is 5.17. The fraction of sp³-hybridized carbons (Fsp3) is 0.160. The molecule has 0 aliphatic carbocycles. The van der Waals surface area contributed by atoms with Gasteiger partial charge in [0, 0.05) is 4.47 Å². The molecule has 0 bridgehead atoms. The van der Waals surface area contributed by atoms with Gasteiger partial charge in [0.2, 0.25) is 0 Å². The maximum absolute atomic E-state index is 12.7. The van der Waals surface area contributed by atoms with Crippen molar-refractivity contribution in [1.82, 2.24) is 5.43 Å². The number of phenolic OH excluding ortho intramolecular Hbond substituents is 1. The van der Waals surface area contributed by atoms with Crippen LogP contribution < -0.4 is 24.4 Å². The number of rotatable bonds is 9. The van der Waals surface area contributed by atoms with Gasteiger partial charge in [0.15, 0.2) is 23.0 Å². The summed E-state index contributed by atoms with van der Waals surface area (Å²) in [6.45, 7) is 2.13. The highest BCUT2D eigenvalue weighted by Crippen LogP contribution is 2.31. The molecular formula is C25H23BrN2O7. The number of benzene rings is 3. The quantitative estimate of drug-likeness (QED) is 0.176. The molecule has 0 fully saturated rings. The van der Waals surface area contributed by atoms with Crippen LogP contribution in [0.25, 0.3) is 0 Å². The Labute approximate surface area is 210 Å². The molecule has 3 rings (SSSR count). The molecule has 0 unspecified atom stereocenters. The van der Waals surface area contributed by atoms with Crippen molar-refractivity contribution in [3.8, 4) is 28.7 Å². The lowest BCUT2D eigenvalue weighted by Gasteiger charge is -2.12. The Hall–Kier alpha value is -4.05. The first kappa shape index (κ1) is 25.6. The number of carbonyl (C=O) groups excluding carboxylic acids is 2. The number of nitrogens with one attached hydrogen (secondary N) is 1. The van der Waals surface area contributed by atoms with Crippen molar-refractivity contribution in [2.24, 2.45) is 5.10 Å². The fourth-order valence-corrected chi connectivity index (χ4v) is 3.36. The van der Waals surface area contributed by atoms with Crippen molar-refractivity contribution in [3.63, 3.8) is 0 Å². The van der Waals surface area contributed by atoms with Gasteiger partial charge in [-0.15, -0.1) is 0 Å². The summed E-state index contributed by atoms with van der Waals surface area (Å²) in [6.07, 6.45) is 1.40. The second-order valence-electron chi connectivity index (χ2n) is 6.96. The monoisotopic (exact) mass is 542 g/mol. The van der Waals surface area contributed by atoms with Gasteiger partial charge in [0.1, 0.15) is 5.75 Å². The molecule has 0 saturated heterocycles. The van der Waals surface area contributed by atoms with Crippen LogP contribution in [0.15, 0.2) is 64.2 Å². The molecule has 0 aliphatic rings. The van der Waals surface area contributed by atoms with E-state index in [1.165, 1.54) is 38.6 Å². The average molecular weight is 543 g/mol. The van der Waals surface area contributed by atoms with Gasteiger partial charge in [-0.1, -0.05) is 15.9 Å². The first-order valence-electron chi connectivity index (χ1n) is 10.4. The molecule has 3 aromatic rings. The summed E-state index contributed by atoms with van der Waals surface area (Å²) in [4.78, 5) is 25.0. The second-order valence-corrected chi connectivity index (χ2v) is 7.87. The molecule has 0 aromatic heterocycles. The molecule has 0 aliphatic heterocycles. The van der Waals surface area contributed by atoms with Gasteiger partial charge < -0.3 is 24.1 Å². The Morgan fingerprint density at radius 2 is 1.71 bits per heavy atom. The minimum Gasteiger partial charge on any atom is -0.507 e. The van der Waals surface area contributed by atoms with Crippen LogP contribution in [0.2, 0.25) is 0 Å². The molecule has 0 saturated carbocycles. The summed E-state index contributed by atoms with van der Waals surface area (Å²) >= 11 is 3.25. The molecule has 3 aromatic carbocycles. The maximum atomic E-state index is 12.7. The van der Waals surface area contributed by atoms with E-state index in [1.807, 2.05) is 0 Å². The van der Waals surface area contributed by atoms with Crippen molar-refractivity contribution in [1.29, 1.82) is 0 Å². The zero-order valence-electron chi connectivity index (χ0n) is 19.2. The first-order chi connectivity index (χ1) is 16.9. The number of hydrogen-bond donors (Lipinski definition) is 2. The molecule has 182 valence electrons. The van der Waals surface area contributed by atoms with E-state index in [0.717, 1.165) is 0 Å². The predicted molar refractivity (Wildman–Crippen MR) is 133 cm³/mol. The van der Waals surface area contributed by atoms with E-state index >= 15 is 0 Å². The maximum Gasteiger partial charge on any atom is 0.343 e. The van der Waals surface area contributed by atoms with Crippen LogP contribution >= 0.6 is 15.9 Å². The Morgan fingerprint density at radius 3 is 2.43 bits per heavy atom. The third-order valence-electron chi connectivity index (χ3n) is 4.67. The molecular weight excluding hydrogens is 520 g/mol. The number of phenols is 1. The molecule has 0 radical (unpaired) electrons. The number of carbonyl (C=O) groups is 2. The lowest BCUT2D eigenvalue weighted by atomic mass is 10.2. The van der Waals surface area contributed by atoms with E-state index in [2.05, 4.69) is 26.5 Å². The molecule has 0 heterocycles. The highest BCUT2D eigenvalue weighted by Gasteiger charge is 2.16. The standard InChI is InChI=1S/C25H23BrN2O7/c1-4-34-23-11-15(14-27-28-24(30)18-13-17(26)7-8-19(18)29)5-9-21(23)35-25(31)16-6-10-20(32-2)22(12-16)33-3/h5-14,29H,4H2,1-3H3,(H,28,30)/b27-14+. The average Bonchev–Trinajstić information content (AvgIpc) is 2.86. The number of nitrogens with zero attached hydrogens (tertiary/aromatic N) is 1. The van der Waals surface area contributed by atoms with Crippen LogP contribution in [0.5, 0.6) is 28.7 Å². The number of hydrazone groups is 1. The van der Waals surface area contributed by atoms with Crippen LogP contribution in [0.4, 0.5) is 0 Å². The molecule has 1 amide bonds. The van der Waals surface area contributed by atoms with Crippen LogP contribution in [-0.4, -0.2) is 44.0 Å². The van der Waals surface area contributed by atoms with Gasteiger partial charge in [-0.3, -0.25) is 4.79 Å². The van der Waals surface area contributed by atoms with Crippen molar-refractivity contribution in [3.05, 3.63) is 75.8 Å². The second kappa shape index (κ2) is 11.9. The van der Waals surface area contributed by atoms with Crippen LogP contribution in [-0.2, 0) is 0 Å². The normalized spacial score (nSPS) is 10.6. The van der Waals surface area contributed by atoms with E-state index in [1.54, 1.807) is 43.3 Å².